The molecule has 0 heterocycles. The summed E-state index contributed by atoms with van der Waals surface area (Å²) in [6.45, 7) is 3.85. The van der Waals surface area contributed by atoms with E-state index in [2.05, 4.69) is 10.6 Å². The lowest BCUT2D eigenvalue weighted by Crippen LogP contribution is -2.31. The molecule has 20 heavy (non-hydrogen) atoms. The van der Waals surface area contributed by atoms with Crippen molar-refractivity contribution in [3.05, 3.63) is 59.1 Å². The molecule has 0 radical (unpaired) electrons. The van der Waals surface area contributed by atoms with Gasteiger partial charge in [-0.15, -0.1) is 0 Å². The quantitative estimate of drug-likeness (QED) is 0.890. The zero-order valence-electron chi connectivity index (χ0n) is 11.5. The number of rotatable bonds is 4. The molecule has 4 heteroatoms. The molecular weight excluding hydrogens is 272 g/mol. The van der Waals surface area contributed by atoms with Gasteiger partial charge >= 0.3 is 0 Å². The number of nitrogens with one attached hydrogen (secondary N) is 2. The summed E-state index contributed by atoms with van der Waals surface area (Å²) in [4.78, 5) is 12.1. The van der Waals surface area contributed by atoms with E-state index < -0.39 is 0 Å². The predicted octanol–water partition coefficient (Wildman–Crippen LogP) is 4.09. The first kappa shape index (κ1) is 14.4. The van der Waals surface area contributed by atoms with Crippen molar-refractivity contribution in [1.29, 1.82) is 0 Å². The number of aryl methyl sites for hydroxylation is 1. The van der Waals surface area contributed by atoms with Crippen molar-refractivity contribution in [3.63, 3.8) is 0 Å². The SMILES string of the molecule is Cc1ccc(N[C@@H](C)C(=O)Nc2cccc(Cl)c2)cc1. The normalized spacial score (nSPS) is 11.8. The summed E-state index contributed by atoms with van der Waals surface area (Å²) in [5.74, 6) is -0.104. The van der Waals surface area contributed by atoms with Crippen LogP contribution in [0.1, 0.15) is 12.5 Å². The van der Waals surface area contributed by atoms with Gasteiger partial charge in [0, 0.05) is 16.4 Å². The molecule has 0 saturated carbocycles. The monoisotopic (exact) mass is 288 g/mol. The minimum Gasteiger partial charge on any atom is -0.374 e. The van der Waals surface area contributed by atoms with Crippen LogP contribution in [0, 0.1) is 6.92 Å². The van der Waals surface area contributed by atoms with Crippen LogP contribution in [-0.4, -0.2) is 11.9 Å². The molecule has 2 rings (SSSR count). The van der Waals surface area contributed by atoms with E-state index in [4.69, 9.17) is 11.6 Å². The first-order valence-corrected chi connectivity index (χ1v) is 6.82. The molecule has 0 aliphatic rings. The smallest absolute Gasteiger partial charge is 0.246 e. The molecular formula is C16H17ClN2O. The van der Waals surface area contributed by atoms with Gasteiger partial charge in [-0.2, -0.15) is 0 Å². The second kappa shape index (κ2) is 6.44. The van der Waals surface area contributed by atoms with Crippen LogP contribution in [0.5, 0.6) is 0 Å². The predicted molar refractivity (Wildman–Crippen MR) is 84.3 cm³/mol. The summed E-state index contributed by atoms with van der Waals surface area (Å²) < 4.78 is 0. The number of carbonyl (C=O) groups is 1. The van der Waals surface area contributed by atoms with Gasteiger partial charge in [0.25, 0.3) is 0 Å². The number of hydrogen-bond acceptors (Lipinski definition) is 2. The molecule has 0 aliphatic carbocycles. The number of anilines is 2. The third kappa shape index (κ3) is 4.00. The van der Waals surface area contributed by atoms with Crippen LogP contribution >= 0.6 is 11.6 Å². The number of amides is 1. The molecule has 2 aromatic carbocycles. The Morgan fingerprint density at radius 2 is 1.80 bits per heavy atom. The molecule has 104 valence electrons. The third-order valence-corrected chi connectivity index (χ3v) is 3.16. The molecule has 0 aliphatic heterocycles. The van der Waals surface area contributed by atoms with Gasteiger partial charge in [0.2, 0.25) is 5.91 Å². The van der Waals surface area contributed by atoms with E-state index in [9.17, 15) is 4.79 Å². The lowest BCUT2D eigenvalue weighted by Gasteiger charge is -2.15. The molecule has 3 nitrogen and oxygen atoms in total. The summed E-state index contributed by atoms with van der Waals surface area (Å²) in [5, 5.41) is 6.59. The zero-order chi connectivity index (χ0) is 14.5. The highest BCUT2D eigenvalue weighted by atomic mass is 35.5. The van der Waals surface area contributed by atoms with Gasteiger partial charge in [-0.1, -0.05) is 35.4 Å². The number of hydrogen-bond donors (Lipinski definition) is 2. The molecule has 2 N–H and O–H groups in total. The van der Waals surface area contributed by atoms with Crippen LogP contribution in [0.25, 0.3) is 0 Å². The molecule has 0 unspecified atom stereocenters. The van der Waals surface area contributed by atoms with Crippen molar-refractivity contribution >= 4 is 28.9 Å². The molecule has 0 bridgehead atoms. The summed E-state index contributed by atoms with van der Waals surface area (Å²) in [6, 6.07) is 14.7. The standard InChI is InChI=1S/C16H17ClN2O/c1-11-6-8-14(9-7-11)18-12(2)16(20)19-15-5-3-4-13(17)10-15/h3-10,12,18H,1-2H3,(H,19,20)/t12-/m0/s1. The Kier molecular flexibility index (Phi) is 4.64. The maximum absolute atomic E-state index is 12.1. The molecule has 2 aromatic rings. The molecule has 0 saturated heterocycles. The minimum atomic E-state index is -0.336. The maximum atomic E-state index is 12.1. The van der Waals surface area contributed by atoms with Gasteiger partial charge in [0.1, 0.15) is 6.04 Å². The van der Waals surface area contributed by atoms with E-state index in [0.29, 0.717) is 10.7 Å². The van der Waals surface area contributed by atoms with Crippen LogP contribution in [0.4, 0.5) is 11.4 Å². The van der Waals surface area contributed by atoms with E-state index in [0.717, 1.165) is 5.69 Å². The topological polar surface area (TPSA) is 41.1 Å². The summed E-state index contributed by atoms with van der Waals surface area (Å²) in [5.41, 5.74) is 2.80. The maximum Gasteiger partial charge on any atom is 0.246 e. The molecule has 0 spiro atoms. The van der Waals surface area contributed by atoms with Gasteiger partial charge < -0.3 is 10.6 Å². The Morgan fingerprint density at radius 1 is 1.10 bits per heavy atom. The molecule has 1 amide bonds. The first-order valence-electron chi connectivity index (χ1n) is 6.44. The van der Waals surface area contributed by atoms with Gasteiger partial charge in [-0.05, 0) is 44.2 Å². The Labute approximate surface area is 124 Å². The number of carbonyl (C=O) groups excluding carboxylic acids is 1. The largest absolute Gasteiger partial charge is 0.374 e. The van der Waals surface area contributed by atoms with Crippen molar-refractivity contribution in [2.45, 2.75) is 19.9 Å². The van der Waals surface area contributed by atoms with Gasteiger partial charge in [0.05, 0.1) is 0 Å². The second-order valence-corrected chi connectivity index (χ2v) is 5.17. The average molecular weight is 289 g/mol. The van der Waals surface area contributed by atoms with Crippen LogP contribution in [0.15, 0.2) is 48.5 Å². The number of benzene rings is 2. The third-order valence-electron chi connectivity index (χ3n) is 2.92. The van der Waals surface area contributed by atoms with E-state index in [1.54, 1.807) is 18.2 Å². The van der Waals surface area contributed by atoms with E-state index in [1.807, 2.05) is 44.2 Å². The lowest BCUT2D eigenvalue weighted by atomic mass is 10.2. The molecule has 0 fully saturated rings. The fourth-order valence-corrected chi connectivity index (χ4v) is 1.97. The van der Waals surface area contributed by atoms with E-state index in [-0.39, 0.29) is 11.9 Å². The molecule has 0 aromatic heterocycles. The Bertz CT molecular complexity index is 596. The summed E-state index contributed by atoms with van der Waals surface area (Å²) in [6.07, 6.45) is 0. The van der Waals surface area contributed by atoms with Crippen LogP contribution in [-0.2, 0) is 4.79 Å². The van der Waals surface area contributed by atoms with Gasteiger partial charge in [0.15, 0.2) is 0 Å². The summed E-state index contributed by atoms with van der Waals surface area (Å²) in [7, 11) is 0. The van der Waals surface area contributed by atoms with Crippen molar-refractivity contribution < 1.29 is 4.79 Å². The van der Waals surface area contributed by atoms with Gasteiger partial charge in [-0.3, -0.25) is 4.79 Å². The highest BCUT2D eigenvalue weighted by molar-refractivity contribution is 6.30. The Hall–Kier alpha value is -2.00. The van der Waals surface area contributed by atoms with E-state index >= 15 is 0 Å². The highest BCUT2D eigenvalue weighted by Crippen LogP contribution is 2.16. The Balaban J connectivity index is 1.96. The van der Waals surface area contributed by atoms with Crippen molar-refractivity contribution in [3.8, 4) is 0 Å². The second-order valence-electron chi connectivity index (χ2n) is 4.73. The van der Waals surface area contributed by atoms with Crippen LogP contribution in [0.3, 0.4) is 0 Å². The van der Waals surface area contributed by atoms with Crippen LogP contribution in [0.2, 0.25) is 5.02 Å². The van der Waals surface area contributed by atoms with Crippen molar-refractivity contribution in [2.75, 3.05) is 10.6 Å². The highest BCUT2D eigenvalue weighted by Gasteiger charge is 2.12. The van der Waals surface area contributed by atoms with E-state index in [1.165, 1.54) is 5.56 Å². The lowest BCUT2D eigenvalue weighted by molar-refractivity contribution is -0.116. The average Bonchev–Trinajstić information content (AvgIpc) is 2.41. The van der Waals surface area contributed by atoms with Crippen LogP contribution < -0.4 is 10.6 Å². The number of halogens is 1. The fraction of sp³-hybridized carbons (Fsp3) is 0.188. The van der Waals surface area contributed by atoms with Crippen molar-refractivity contribution in [1.82, 2.24) is 0 Å². The Morgan fingerprint density at radius 3 is 2.45 bits per heavy atom. The first-order chi connectivity index (χ1) is 9.54. The minimum absolute atomic E-state index is 0.104. The summed E-state index contributed by atoms with van der Waals surface area (Å²) >= 11 is 5.89. The fourth-order valence-electron chi connectivity index (χ4n) is 1.78. The van der Waals surface area contributed by atoms with Gasteiger partial charge in [-0.25, -0.2) is 0 Å². The zero-order valence-corrected chi connectivity index (χ0v) is 12.2. The van der Waals surface area contributed by atoms with Crippen molar-refractivity contribution in [2.24, 2.45) is 0 Å². The molecule has 1 atom stereocenters.